The highest BCUT2D eigenvalue weighted by Crippen LogP contribution is 2.55. The lowest BCUT2D eigenvalue weighted by molar-refractivity contribution is 0.0497. The average molecular weight is 433 g/mol. The zero-order valence-corrected chi connectivity index (χ0v) is 17.3. The molecular weight excluding hydrogens is 408 g/mol. The van der Waals surface area contributed by atoms with Crippen molar-refractivity contribution in [1.82, 2.24) is 5.32 Å². The first-order valence-electron chi connectivity index (χ1n) is 8.15. The number of alkyl carbamates (subject to hydrolysis) is 1. The SMILES string of the molecule is CCS(=O)(=O)[C@H]1[C@H](c2ccc(Br)cc2)[C@@]1(CN)NC(=O)OC(C)(C)C. The molecule has 1 saturated carbocycles. The van der Waals surface area contributed by atoms with Gasteiger partial charge in [-0.05, 0) is 38.5 Å². The maximum Gasteiger partial charge on any atom is 0.408 e. The van der Waals surface area contributed by atoms with E-state index in [4.69, 9.17) is 10.5 Å². The summed E-state index contributed by atoms with van der Waals surface area (Å²) in [6.07, 6.45) is -0.658. The van der Waals surface area contributed by atoms with Crippen LogP contribution in [-0.4, -0.2) is 43.2 Å². The van der Waals surface area contributed by atoms with Crippen molar-refractivity contribution in [3.05, 3.63) is 34.3 Å². The zero-order chi connectivity index (χ0) is 19.0. The second-order valence-electron chi connectivity index (χ2n) is 7.27. The van der Waals surface area contributed by atoms with E-state index in [2.05, 4.69) is 21.2 Å². The van der Waals surface area contributed by atoms with Crippen LogP contribution in [0.3, 0.4) is 0 Å². The zero-order valence-electron chi connectivity index (χ0n) is 14.9. The fraction of sp³-hybridized carbons (Fsp3) is 0.588. The van der Waals surface area contributed by atoms with Gasteiger partial charge in [0.25, 0.3) is 0 Å². The molecule has 8 heteroatoms. The van der Waals surface area contributed by atoms with E-state index in [1.54, 1.807) is 27.7 Å². The average Bonchev–Trinajstić information content (AvgIpc) is 3.15. The number of nitrogens with one attached hydrogen (secondary N) is 1. The number of carbonyl (C=O) groups excluding carboxylic acids is 1. The van der Waals surface area contributed by atoms with Gasteiger partial charge in [-0.15, -0.1) is 0 Å². The molecule has 0 aliphatic heterocycles. The number of sulfone groups is 1. The van der Waals surface area contributed by atoms with Gasteiger partial charge in [-0.25, -0.2) is 13.2 Å². The van der Waals surface area contributed by atoms with Crippen LogP contribution in [0.1, 0.15) is 39.2 Å². The van der Waals surface area contributed by atoms with E-state index in [0.29, 0.717) is 0 Å². The van der Waals surface area contributed by atoms with Crippen LogP contribution >= 0.6 is 15.9 Å². The van der Waals surface area contributed by atoms with Gasteiger partial charge in [0.1, 0.15) is 5.60 Å². The van der Waals surface area contributed by atoms with E-state index in [1.807, 2.05) is 24.3 Å². The molecule has 1 aliphatic rings. The highest BCUT2D eigenvalue weighted by molar-refractivity contribution is 9.10. The normalized spacial score (nSPS) is 26.2. The van der Waals surface area contributed by atoms with Crippen molar-refractivity contribution in [1.29, 1.82) is 0 Å². The van der Waals surface area contributed by atoms with Crippen molar-refractivity contribution in [3.8, 4) is 0 Å². The maximum absolute atomic E-state index is 12.6. The topological polar surface area (TPSA) is 98.5 Å². The predicted octanol–water partition coefficient (Wildman–Crippen LogP) is 2.57. The predicted molar refractivity (Wildman–Crippen MR) is 101 cm³/mol. The molecule has 0 unspecified atom stereocenters. The van der Waals surface area contributed by atoms with Gasteiger partial charge >= 0.3 is 6.09 Å². The van der Waals surface area contributed by atoms with Crippen LogP contribution in [-0.2, 0) is 14.6 Å². The van der Waals surface area contributed by atoms with E-state index in [9.17, 15) is 13.2 Å². The molecule has 1 aromatic rings. The summed E-state index contributed by atoms with van der Waals surface area (Å²) in [5, 5.41) is 1.99. The molecule has 3 N–H and O–H groups in total. The van der Waals surface area contributed by atoms with Crippen LogP contribution in [0.4, 0.5) is 4.79 Å². The highest BCUT2D eigenvalue weighted by atomic mass is 79.9. The van der Waals surface area contributed by atoms with Crippen molar-refractivity contribution in [2.75, 3.05) is 12.3 Å². The van der Waals surface area contributed by atoms with Crippen molar-refractivity contribution < 1.29 is 17.9 Å². The Balaban J connectivity index is 2.38. The van der Waals surface area contributed by atoms with Gasteiger partial charge in [-0.3, -0.25) is 0 Å². The summed E-state index contributed by atoms with van der Waals surface area (Å²) in [7, 11) is -3.40. The quantitative estimate of drug-likeness (QED) is 0.744. The Hall–Kier alpha value is -1.12. The van der Waals surface area contributed by atoms with E-state index in [-0.39, 0.29) is 12.3 Å². The molecule has 2 rings (SSSR count). The second kappa shape index (κ2) is 6.89. The molecule has 0 spiro atoms. The van der Waals surface area contributed by atoms with Gasteiger partial charge in [0.15, 0.2) is 9.84 Å². The fourth-order valence-corrected chi connectivity index (χ4v) is 5.49. The summed E-state index contributed by atoms with van der Waals surface area (Å²) in [5.41, 5.74) is 5.03. The number of hydrogen-bond acceptors (Lipinski definition) is 5. The van der Waals surface area contributed by atoms with Crippen molar-refractivity contribution >= 4 is 31.9 Å². The number of hydrogen-bond donors (Lipinski definition) is 2. The monoisotopic (exact) mass is 432 g/mol. The van der Waals surface area contributed by atoms with Gasteiger partial charge in [-0.2, -0.15) is 0 Å². The minimum Gasteiger partial charge on any atom is -0.444 e. The molecule has 0 aromatic heterocycles. The Labute approximate surface area is 157 Å². The molecule has 0 heterocycles. The molecule has 0 bridgehead atoms. The molecule has 0 saturated heterocycles. The summed E-state index contributed by atoms with van der Waals surface area (Å²) in [4.78, 5) is 12.3. The number of carbonyl (C=O) groups is 1. The van der Waals surface area contributed by atoms with E-state index >= 15 is 0 Å². The standard InChI is InChI=1S/C17H25BrN2O4S/c1-5-25(22,23)14-13(11-6-8-12(18)9-7-11)17(14,10-19)20-15(21)24-16(2,3)4/h6-9,13-14H,5,10,19H2,1-4H3,(H,20,21)/t13-,14-,17+/m0/s1. The Morgan fingerprint density at radius 2 is 1.88 bits per heavy atom. The van der Waals surface area contributed by atoms with Gasteiger partial charge in [-0.1, -0.05) is 35.0 Å². The number of amides is 1. The van der Waals surface area contributed by atoms with Crippen LogP contribution in [0.25, 0.3) is 0 Å². The Bertz CT molecular complexity index is 743. The molecule has 140 valence electrons. The molecule has 25 heavy (non-hydrogen) atoms. The molecule has 6 nitrogen and oxygen atoms in total. The molecule has 1 amide bonds. The van der Waals surface area contributed by atoms with Gasteiger partial charge in [0.05, 0.1) is 10.8 Å². The first-order chi connectivity index (χ1) is 11.5. The van der Waals surface area contributed by atoms with Crippen LogP contribution < -0.4 is 11.1 Å². The molecule has 1 fully saturated rings. The van der Waals surface area contributed by atoms with Gasteiger partial charge in [0.2, 0.25) is 0 Å². The van der Waals surface area contributed by atoms with Gasteiger partial charge in [0, 0.05) is 22.7 Å². The van der Waals surface area contributed by atoms with Gasteiger partial charge < -0.3 is 15.8 Å². The molecule has 0 radical (unpaired) electrons. The minimum absolute atomic E-state index is 0.0108. The lowest BCUT2D eigenvalue weighted by atomic mass is 10.1. The molecule has 1 aromatic carbocycles. The summed E-state index contributed by atoms with van der Waals surface area (Å²) in [5.74, 6) is -0.411. The maximum atomic E-state index is 12.6. The molecule has 1 aliphatic carbocycles. The van der Waals surface area contributed by atoms with Crippen molar-refractivity contribution in [3.63, 3.8) is 0 Å². The summed E-state index contributed by atoms with van der Waals surface area (Å²) in [6, 6.07) is 7.39. The Kier molecular flexibility index (Phi) is 5.56. The second-order valence-corrected chi connectivity index (χ2v) is 10.6. The first kappa shape index (κ1) is 20.2. The Morgan fingerprint density at radius 1 is 1.32 bits per heavy atom. The van der Waals surface area contributed by atoms with Crippen LogP contribution in [0, 0.1) is 0 Å². The van der Waals surface area contributed by atoms with Crippen LogP contribution in [0.2, 0.25) is 0 Å². The largest absolute Gasteiger partial charge is 0.444 e. The molecule has 3 atom stereocenters. The summed E-state index contributed by atoms with van der Waals surface area (Å²) < 4.78 is 31.4. The van der Waals surface area contributed by atoms with Crippen molar-refractivity contribution in [2.24, 2.45) is 5.73 Å². The van der Waals surface area contributed by atoms with E-state index in [0.717, 1.165) is 10.0 Å². The van der Waals surface area contributed by atoms with E-state index < -0.39 is 38.2 Å². The molecular formula is C17H25BrN2O4S. The smallest absolute Gasteiger partial charge is 0.408 e. The van der Waals surface area contributed by atoms with Crippen LogP contribution in [0.5, 0.6) is 0 Å². The lowest BCUT2D eigenvalue weighted by Crippen LogP contribution is -2.49. The number of halogens is 1. The third kappa shape index (κ3) is 4.17. The van der Waals surface area contributed by atoms with Crippen LogP contribution in [0.15, 0.2) is 28.7 Å². The highest BCUT2D eigenvalue weighted by Gasteiger charge is 2.71. The number of rotatable bonds is 5. The third-order valence-electron chi connectivity index (χ3n) is 4.35. The minimum atomic E-state index is -3.40. The van der Waals surface area contributed by atoms with E-state index in [1.165, 1.54) is 0 Å². The number of benzene rings is 1. The third-order valence-corrected chi connectivity index (χ3v) is 7.15. The lowest BCUT2D eigenvalue weighted by Gasteiger charge is -2.24. The Morgan fingerprint density at radius 3 is 2.32 bits per heavy atom. The van der Waals surface area contributed by atoms with Crippen molar-refractivity contribution in [2.45, 2.75) is 50.0 Å². The number of ether oxygens (including phenoxy) is 1. The number of nitrogens with two attached hydrogens (primary N) is 1. The summed E-state index contributed by atoms with van der Waals surface area (Å²) in [6.45, 7) is 6.86. The summed E-state index contributed by atoms with van der Waals surface area (Å²) >= 11 is 3.37. The fourth-order valence-electron chi connectivity index (χ4n) is 3.19. The first-order valence-corrected chi connectivity index (χ1v) is 10.7.